The molecule has 3 aromatic heterocycles. The average Bonchev–Trinajstić information content (AvgIpc) is 3.40. The second-order valence-corrected chi connectivity index (χ2v) is 7.99. The maximum atomic E-state index is 12.3. The second kappa shape index (κ2) is 7.98. The summed E-state index contributed by atoms with van der Waals surface area (Å²) in [4.78, 5) is 16.6. The van der Waals surface area contributed by atoms with Gasteiger partial charge in [0.1, 0.15) is 0 Å². The van der Waals surface area contributed by atoms with Crippen LogP contribution in [0.2, 0.25) is 0 Å². The predicted octanol–water partition coefficient (Wildman–Crippen LogP) is 4.98. The van der Waals surface area contributed by atoms with Crippen molar-refractivity contribution in [3.63, 3.8) is 0 Å². The number of carbonyl (C=O) groups is 1. The van der Waals surface area contributed by atoms with Gasteiger partial charge in [0.05, 0.1) is 0 Å². The molecule has 0 spiro atoms. The highest BCUT2D eigenvalue weighted by Gasteiger charge is 2.12. The van der Waals surface area contributed by atoms with Crippen LogP contribution in [0.3, 0.4) is 0 Å². The van der Waals surface area contributed by atoms with Gasteiger partial charge in [-0.2, -0.15) is 16.3 Å². The first-order valence-corrected chi connectivity index (χ1v) is 10.3. The minimum absolute atomic E-state index is 0.0729. The molecular weight excluding hydrogens is 372 g/mol. The lowest BCUT2D eigenvalue weighted by atomic mass is 10.2. The quantitative estimate of drug-likeness (QED) is 0.480. The van der Waals surface area contributed by atoms with Crippen molar-refractivity contribution >= 4 is 33.8 Å². The van der Waals surface area contributed by atoms with Crippen molar-refractivity contribution in [1.82, 2.24) is 14.7 Å². The van der Waals surface area contributed by atoms with Crippen LogP contribution in [-0.2, 0) is 17.8 Å². The monoisotopic (exact) mass is 394 g/mol. The van der Waals surface area contributed by atoms with Crippen LogP contribution in [0, 0.1) is 5.92 Å². The largest absolute Gasteiger partial charge is 0.347 e. The molecule has 28 heavy (non-hydrogen) atoms. The van der Waals surface area contributed by atoms with E-state index in [2.05, 4.69) is 52.2 Å². The normalized spacial score (nSPS) is 11.4. The molecular formula is C21H22N4O2S. The molecule has 0 radical (unpaired) electrons. The maximum Gasteiger partial charge on any atom is 0.227 e. The molecule has 1 amide bonds. The summed E-state index contributed by atoms with van der Waals surface area (Å²) in [6.07, 6.45) is 2.80. The fourth-order valence-electron chi connectivity index (χ4n) is 3.14. The number of thiophene rings is 1. The Kier molecular flexibility index (Phi) is 5.25. The van der Waals surface area contributed by atoms with Gasteiger partial charge in [-0.15, -0.1) is 0 Å². The SMILES string of the molecule is CC(C)Cn1ccc2cc(NC(=O)CCc3nc(-c4ccsc4)no3)ccc21. The summed E-state index contributed by atoms with van der Waals surface area (Å²) in [6, 6.07) is 10.0. The third-order valence-corrected chi connectivity index (χ3v) is 5.11. The average molecular weight is 394 g/mol. The number of aryl methyl sites for hydroxylation is 1. The molecule has 0 saturated carbocycles. The van der Waals surface area contributed by atoms with E-state index in [1.807, 2.05) is 29.0 Å². The number of nitrogens with zero attached hydrogens (tertiary/aromatic N) is 3. The minimum atomic E-state index is -0.0729. The lowest BCUT2D eigenvalue weighted by molar-refractivity contribution is -0.116. The van der Waals surface area contributed by atoms with E-state index in [1.165, 1.54) is 5.52 Å². The van der Waals surface area contributed by atoms with Crippen LogP contribution in [0.5, 0.6) is 0 Å². The van der Waals surface area contributed by atoms with Crippen molar-refractivity contribution < 1.29 is 9.32 Å². The molecule has 144 valence electrons. The first-order chi connectivity index (χ1) is 13.6. The zero-order valence-electron chi connectivity index (χ0n) is 15.9. The standard InChI is InChI=1S/C21H22N4O2S/c1-14(2)12-25-9-7-15-11-17(3-4-18(15)25)22-19(26)5-6-20-23-21(24-27-20)16-8-10-28-13-16/h3-4,7-11,13-14H,5-6,12H2,1-2H3,(H,22,26). The minimum Gasteiger partial charge on any atom is -0.347 e. The smallest absolute Gasteiger partial charge is 0.227 e. The fraction of sp³-hybridized carbons (Fsp3) is 0.286. The molecule has 6 nitrogen and oxygen atoms in total. The molecule has 3 heterocycles. The highest BCUT2D eigenvalue weighted by Crippen LogP contribution is 2.22. The van der Waals surface area contributed by atoms with E-state index in [4.69, 9.17) is 4.52 Å². The first-order valence-electron chi connectivity index (χ1n) is 9.32. The molecule has 0 aliphatic heterocycles. The summed E-state index contributed by atoms with van der Waals surface area (Å²) < 4.78 is 7.48. The molecule has 1 aromatic carbocycles. The molecule has 7 heteroatoms. The molecule has 4 aromatic rings. The molecule has 4 rings (SSSR count). The molecule has 0 unspecified atom stereocenters. The Labute approximate surface area is 167 Å². The van der Waals surface area contributed by atoms with E-state index in [1.54, 1.807) is 11.3 Å². The summed E-state index contributed by atoms with van der Waals surface area (Å²) in [6.45, 7) is 5.38. The Morgan fingerprint density at radius 1 is 1.29 bits per heavy atom. The van der Waals surface area contributed by atoms with Crippen LogP contribution >= 0.6 is 11.3 Å². The molecule has 0 saturated heterocycles. The van der Waals surface area contributed by atoms with Crippen molar-refractivity contribution in [1.29, 1.82) is 0 Å². The lowest BCUT2D eigenvalue weighted by Gasteiger charge is -2.09. The highest BCUT2D eigenvalue weighted by molar-refractivity contribution is 7.08. The Morgan fingerprint density at radius 3 is 2.96 bits per heavy atom. The molecule has 0 aliphatic rings. The number of rotatable bonds is 7. The van der Waals surface area contributed by atoms with Crippen molar-refractivity contribution in [3.05, 3.63) is 53.2 Å². The van der Waals surface area contributed by atoms with Crippen LogP contribution in [-0.4, -0.2) is 20.6 Å². The number of carbonyl (C=O) groups excluding carboxylic acids is 1. The number of amides is 1. The number of fused-ring (bicyclic) bond motifs is 1. The van der Waals surface area contributed by atoms with Gasteiger partial charge in [-0.05, 0) is 41.6 Å². The van der Waals surface area contributed by atoms with Gasteiger partial charge < -0.3 is 14.4 Å². The van der Waals surface area contributed by atoms with Gasteiger partial charge >= 0.3 is 0 Å². The molecule has 0 bridgehead atoms. The van der Waals surface area contributed by atoms with Gasteiger partial charge in [-0.3, -0.25) is 4.79 Å². The second-order valence-electron chi connectivity index (χ2n) is 7.21. The van der Waals surface area contributed by atoms with Crippen molar-refractivity contribution in [2.75, 3.05) is 5.32 Å². The lowest BCUT2D eigenvalue weighted by Crippen LogP contribution is -2.12. The number of aromatic nitrogens is 3. The van der Waals surface area contributed by atoms with Crippen LogP contribution in [0.25, 0.3) is 22.3 Å². The number of hydrogen-bond acceptors (Lipinski definition) is 5. The molecule has 0 atom stereocenters. The van der Waals surface area contributed by atoms with E-state index < -0.39 is 0 Å². The molecule has 0 aliphatic carbocycles. The number of hydrogen-bond donors (Lipinski definition) is 1. The Balaban J connectivity index is 1.36. The summed E-state index contributed by atoms with van der Waals surface area (Å²) in [5, 5.41) is 12.0. The maximum absolute atomic E-state index is 12.3. The molecule has 1 N–H and O–H groups in total. The third kappa shape index (κ3) is 4.14. The van der Waals surface area contributed by atoms with Crippen molar-refractivity contribution in [3.8, 4) is 11.4 Å². The summed E-state index contributed by atoms with van der Waals surface area (Å²) in [5.74, 6) is 1.54. The van der Waals surface area contributed by atoms with Gasteiger partial charge in [-0.1, -0.05) is 19.0 Å². The predicted molar refractivity (Wildman–Crippen MR) is 111 cm³/mol. The number of anilines is 1. The topological polar surface area (TPSA) is 73.0 Å². The Hall–Kier alpha value is -2.93. The van der Waals surface area contributed by atoms with E-state index in [0.717, 1.165) is 23.2 Å². The zero-order valence-corrected chi connectivity index (χ0v) is 16.7. The van der Waals surface area contributed by atoms with Crippen molar-refractivity contribution in [2.45, 2.75) is 33.2 Å². The van der Waals surface area contributed by atoms with Crippen molar-refractivity contribution in [2.24, 2.45) is 5.92 Å². The fourth-order valence-corrected chi connectivity index (χ4v) is 3.77. The number of nitrogens with one attached hydrogen (secondary N) is 1. The third-order valence-electron chi connectivity index (χ3n) is 4.43. The Bertz CT molecular complexity index is 1080. The van der Waals surface area contributed by atoms with Crippen LogP contribution in [0.15, 0.2) is 51.8 Å². The summed E-state index contributed by atoms with van der Waals surface area (Å²) in [7, 11) is 0. The van der Waals surface area contributed by atoms with Crippen LogP contribution < -0.4 is 5.32 Å². The highest BCUT2D eigenvalue weighted by atomic mass is 32.1. The van der Waals surface area contributed by atoms with Crippen LogP contribution in [0.1, 0.15) is 26.2 Å². The zero-order chi connectivity index (χ0) is 19.5. The van der Waals surface area contributed by atoms with E-state index in [-0.39, 0.29) is 12.3 Å². The summed E-state index contributed by atoms with van der Waals surface area (Å²) in [5.41, 5.74) is 2.91. The van der Waals surface area contributed by atoms with Gasteiger partial charge in [0, 0.05) is 53.1 Å². The van der Waals surface area contributed by atoms with Gasteiger partial charge in [-0.25, -0.2) is 0 Å². The van der Waals surface area contributed by atoms with Crippen LogP contribution in [0.4, 0.5) is 5.69 Å². The van der Waals surface area contributed by atoms with Gasteiger partial charge in [0.25, 0.3) is 0 Å². The van der Waals surface area contributed by atoms with Gasteiger partial charge in [0.2, 0.25) is 17.6 Å². The Morgan fingerprint density at radius 2 is 2.18 bits per heavy atom. The van der Waals surface area contributed by atoms with Gasteiger partial charge in [0.15, 0.2) is 0 Å². The number of benzene rings is 1. The first kappa shape index (κ1) is 18.4. The summed E-state index contributed by atoms with van der Waals surface area (Å²) >= 11 is 1.58. The van der Waals surface area contributed by atoms with E-state index in [9.17, 15) is 4.79 Å². The molecule has 0 fully saturated rings. The van der Waals surface area contributed by atoms with E-state index >= 15 is 0 Å². The van der Waals surface area contributed by atoms with E-state index in [0.29, 0.717) is 24.1 Å².